The Morgan fingerprint density at radius 1 is 1.04 bits per heavy atom. The molecule has 24 heavy (non-hydrogen) atoms. The monoisotopic (exact) mass is 327 g/mol. The number of amides is 1. The number of rotatable bonds is 9. The molecule has 0 spiro atoms. The van der Waals surface area contributed by atoms with Crippen LogP contribution in [0, 0.1) is 0 Å². The molecule has 4 nitrogen and oxygen atoms in total. The second-order valence-corrected chi connectivity index (χ2v) is 5.54. The fraction of sp³-hybridized carbons (Fsp3) is 0.350. The number of aryl methyl sites for hydroxylation is 1. The number of hydrogen-bond acceptors (Lipinski definition) is 3. The molecule has 128 valence electrons. The molecule has 1 atom stereocenters. The fourth-order valence-electron chi connectivity index (χ4n) is 2.32. The lowest BCUT2D eigenvalue weighted by molar-refractivity contribution is -0.127. The zero-order valence-electron chi connectivity index (χ0n) is 14.3. The minimum absolute atomic E-state index is 0.0921. The van der Waals surface area contributed by atoms with Crippen molar-refractivity contribution in [2.45, 2.75) is 32.8 Å². The summed E-state index contributed by atoms with van der Waals surface area (Å²) in [6.45, 7) is 5.04. The molecule has 2 aromatic carbocycles. The summed E-state index contributed by atoms with van der Waals surface area (Å²) in [7, 11) is 0. The standard InChI is InChI=1S/C20H25NO3/c1-3-23-18-13-11-17(12-14-18)8-7-15-21-20(22)16(2)24-19-9-5-4-6-10-19/h4-6,9-14,16H,3,7-8,15H2,1-2H3,(H,21,22)/t16-/m1/s1. The van der Waals surface area contributed by atoms with Crippen LogP contribution in [0.2, 0.25) is 0 Å². The Morgan fingerprint density at radius 2 is 1.75 bits per heavy atom. The molecule has 0 heterocycles. The smallest absolute Gasteiger partial charge is 0.260 e. The first kappa shape index (κ1) is 17.9. The number of carbonyl (C=O) groups excluding carboxylic acids is 1. The first-order valence-corrected chi connectivity index (χ1v) is 8.40. The lowest BCUT2D eigenvalue weighted by atomic mass is 10.1. The van der Waals surface area contributed by atoms with E-state index in [1.54, 1.807) is 6.92 Å². The number of para-hydroxylation sites is 1. The van der Waals surface area contributed by atoms with E-state index in [2.05, 4.69) is 17.4 Å². The van der Waals surface area contributed by atoms with Gasteiger partial charge in [-0.15, -0.1) is 0 Å². The molecule has 2 aromatic rings. The number of carbonyl (C=O) groups is 1. The van der Waals surface area contributed by atoms with Crippen LogP contribution in [0.5, 0.6) is 11.5 Å². The summed E-state index contributed by atoms with van der Waals surface area (Å²) >= 11 is 0. The van der Waals surface area contributed by atoms with Gasteiger partial charge < -0.3 is 14.8 Å². The Balaban J connectivity index is 1.66. The molecule has 0 aromatic heterocycles. The Labute approximate surface area is 143 Å². The Bertz CT molecular complexity index is 611. The van der Waals surface area contributed by atoms with Gasteiger partial charge in [0.1, 0.15) is 11.5 Å². The van der Waals surface area contributed by atoms with Gasteiger partial charge in [-0.2, -0.15) is 0 Å². The quantitative estimate of drug-likeness (QED) is 0.716. The summed E-state index contributed by atoms with van der Waals surface area (Å²) in [6, 6.07) is 17.5. The summed E-state index contributed by atoms with van der Waals surface area (Å²) in [5.41, 5.74) is 1.24. The predicted octanol–water partition coefficient (Wildman–Crippen LogP) is 3.60. The molecule has 0 radical (unpaired) electrons. The van der Waals surface area contributed by atoms with Crippen LogP contribution in [-0.4, -0.2) is 25.2 Å². The van der Waals surface area contributed by atoms with Crippen LogP contribution in [0.4, 0.5) is 0 Å². The Kier molecular flexibility index (Phi) is 7.15. The van der Waals surface area contributed by atoms with E-state index in [4.69, 9.17) is 9.47 Å². The van der Waals surface area contributed by atoms with Crippen molar-refractivity contribution in [1.82, 2.24) is 5.32 Å². The maximum atomic E-state index is 12.0. The van der Waals surface area contributed by atoms with Gasteiger partial charge in [0.25, 0.3) is 5.91 Å². The third kappa shape index (κ3) is 5.95. The van der Waals surface area contributed by atoms with E-state index in [1.165, 1.54) is 5.56 Å². The second-order valence-electron chi connectivity index (χ2n) is 5.54. The molecule has 0 aliphatic carbocycles. The molecule has 4 heteroatoms. The minimum atomic E-state index is -0.502. The van der Waals surface area contributed by atoms with E-state index in [9.17, 15) is 4.79 Å². The fourth-order valence-corrected chi connectivity index (χ4v) is 2.32. The Morgan fingerprint density at radius 3 is 2.42 bits per heavy atom. The molecular formula is C20H25NO3. The van der Waals surface area contributed by atoms with Crippen LogP contribution in [0.1, 0.15) is 25.8 Å². The number of hydrogen-bond donors (Lipinski definition) is 1. The third-order valence-corrected chi connectivity index (χ3v) is 3.60. The maximum Gasteiger partial charge on any atom is 0.260 e. The highest BCUT2D eigenvalue weighted by atomic mass is 16.5. The number of benzene rings is 2. The Hall–Kier alpha value is -2.49. The zero-order chi connectivity index (χ0) is 17.2. The number of ether oxygens (including phenoxy) is 2. The average molecular weight is 327 g/mol. The van der Waals surface area contributed by atoms with Gasteiger partial charge in [-0.05, 0) is 56.5 Å². The van der Waals surface area contributed by atoms with Gasteiger partial charge >= 0.3 is 0 Å². The zero-order valence-corrected chi connectivity index (χ0v) is 14.3. The van der Waals surface area contributed by atoms with Crippen LogP contribution in [0.3, 0.4) is 0 Å². The van der Waals surface area contributed by atoms with Crippen LogP contribution in [0.15, 0.2) is 54.6 Å². The molecule has 1 amide bonds. The van der Waals surface area contributed by atoms with E-state index in [0.29, 0.717) is 18.9 Å². The van der Waals surface area contributed by atoms with Crippen LogP contribution >= 0.6 is 0 Å². The predicted molar refractivity (Wildman–Crippen MR) is 95.5 cm³/mol. The van der Waals surface area contributed by atoms with Crippen LogP contribution in [0.25, 0.3) is 0 Å². The number of nitrogens with one attached hydrogen (secondary N) is 1. The van der Waals surface area contributed by atoms with Gasteiger partial charge in [-0.3, -0.25) is 4.79 Å². The molecule has 1 N–H and O–H groups in total. The summed E-state index contributed by atoms with van der Waals surface area (Å²) in [4.78, 5) is 12.0. The molecule has 2 rings (SSSR count). The molecule has 0 aliphatic heterocycles. The van der Waals surface area contributed by atoms with Crippen LogP contribution < -0.4 is 14.8 Å². The van der Waals surface area contributed by atoms with Gasteiger partial charge in [-0.1, -0.05) is 30.3 Å². The highest BCUT2D eigenvalue weighted by molar-refractivity contribution is 5.80. The van der Waals surface area contributed by atoms with Gasteiger partial charge in [0.2, 0.25) is 0 Å². The maximum absolute atomic E-state index is 12.0. The molecule has 0 saturated carbocycles. The lowest BCUT2D eigenvalue weighted by Crippen LogP contribution is -2.36. The normalized spacial score (nSPS) is 11.6. The molecule has 0 fully saturated rings. The van der Waals surface area contributed by atoms with E-state index in [1.807, 2.05) is 49.4 Å². The van der Waals surface area contributed by atoms with Crippen molar-refractivity contribution in [3.05, 3.63) is 60.2 Å². The minimum Gasteiger partial charge on any atom is -0.494 e. The van der Waals surface area contributed by atoms with Crippen molar-refractivity contribution in [2.75, 3.05) is 13.2 Å². The van der Waals surface area contributed by atoms with Crippen LogP contribution in [-0.2, 0) is 11.2 Å². The van der Waals surface area contributed by atoms with Crippen molar-refractivity contribution in [3.63, 3.8) is 0 Å². The molecule has 0 aliphatic rings. The van der Waals surface area contributed by atoms with E-state index >= 15 is 0 Å². The van der Waals surface area contributed by atoms with Crippen molar-refractivity contribution in [1.29, 1.82) is 0 Å². The molecule has 0 bridgehead atoms. The topological polar surface area (TPSA) is 47.6 Å². The van der Waals surface area contributed by atoms with E-state index < -0.39 is 6.10 Å². The second kappa shape index (κ2) is 9.60. The van der Waals surface area contributed by atoms with Gasteiger partial charge in [-0.25, -0.2) is 0 Å². The van der Waals surface area contributed by atoms with Crippen molar-refractivity contribution >= 4 is 5.91 Å². The van der Waals surface area contributed by atoms with E-state index in [-0.39, 0.29) is 5.91 Å². The molecule has 0 saturated heterocycles. The van der Waals surface area contributed by atoms with Gasteiger partial charge in [0.05, 0.1) is 6.61 Å². The summed E-state index contributed by atoms with van der Waals surface area (Å²) < 4.78 is 11.0. The third-order valence-electron chi connectivity index (χ3n) is 3.60. The van der Waals surface area contributed by atoms with E-state index in [0.717, 1.165) is 18.6 Å². The van der Waals surface area contributed by atoms with Gasteiger partial charge in [0, 0.05) is 6.54 Å². The highest BCUT2D eigenvalue weighted by Gasteiger charge is 2.13. The first-order chi connectivity index (χ1) is 11.7. The van der Waals surface area contributed by atoms with Gasteiger partial charge in [0.15, 0.2) is 6.10 Å². The van der Waals surface area contributed by atoms with Crippen molar-refractivity contribution < 1.29 is 14.3 Å². The average Bonchev–Trinajstić information content (AvgIpc) is 2.61. The van der Waals surface area contributed by atoms with Crippen molar-refractivity contribution in [3.8, 4) is 11.5 Å². The molecule has 0 unspecified atom stereocenters. The SMILES string of the molecule is CCOc1ccc(CCCNC(=O)[C@@H](C)Oc2ccccc2)cc1. The summed E-state index contributed by atoms with van der Waals surface area (Å²) in [6.07, 6.45) is 1.30. The lowest BCUT2D eigenvalue weighted by Gasteiger charge is -2.14. The largest absolute Gasteiger partial charge is 0.494 e. The summed E-state index contributed by atoms with van der Waals surface area (Å²) in [5.74, 6) is 1.50. The highest BCUT2D eigenvalue weighted by Crippen LogP contribution is 2.13. The summed E-state index contributed by atoms with van der Waals surface area (Å²) in [5, 5.41) is 2.92. The van der Waals surface area contributed by atoms with Crippen molar-refractivity contribution in [2.24, 2.45) is 0 Å². The molecular weight excluding hydrogens is 302 g/mol. The first-order valence-electron chi connectivity index (χ1n) is 8.40.